The van der Waals surface area contributed by atoms with Crippen molar-refractivity contribution in [1.82, 2.24) is 9.88 Å². The van der Waals surface area contributed by atoms with E-state index in [1.165, 1.54) is 36.4 Å². The molecule has 0 unspecified atom stereocenters. The number of hydrogen-bond acceptors (Lipinski definition) is 3. The van der Waals surface area contributed by atoms with Gasteiger partial charge in [-0.25, -0.2) is 18.5 Å². The lowest BCUT2D eigenvalue weighted by Gasteiger charge is -2.26. The number of carbonyl (C=O) groups excluding carboxylic acids is 3. The topological polar surface area (TPSA) is 71.4 Å². The van der Waals surface area contributed by atoms with E-state index in [2.05, 4.69) is 5.32 Å². The number of hydrogen-bond donors (Lipinski definition) is 1. The zero-order chi connectivity index (χ0) is 22.3. The second-order valence-corrected chi connectivity index (χ2v) is 7.05. The molecule has 2 heterocycles. The minimum atomic E-state index is -1.02. The maximum Gasteiger partial charge on any atom is 0.336 e. The van der Waals surface area contributed by atoms with Crippen molar-refractivity contribution in [2.45, 2.75) is 13.8 Å². The number of anilines is 1. The second kappa shape index (κ2) is 7.64. The van der Waals surface area contributed by atoms with Crippen LogP contribution in [0.3, 0.4) is 0 Å². The molecule has 0 saturated carbocycles. The monoisotopic (exact) mass is 421 g/mol. The molecule has 4 amide bonds. The molecular formula is C23H17F2N3O3. The number of urea groups is 1. The molecule has 3 aromatic rings. The minimum Gasteiger partial charge on any atom is -0.318 e. The van der Waals surface area contributed by atoms with E-state index in [4.69, 9.17) is 0 Å². The van der Waals surface area contributed by atoms with E-state index < -0.39 is 23.7 Å². The summed E-state index contributed by atoms with van der Waals surface area (Å²) in [5.41, 5.74) is 2.21. The smallest absolute Gasteiger partial charge is 0.318 e. The number of nitrogens with zero attached hydrogens (tertiary/aromatic N) is 2. The predicted octanol–water partition coefficient (Wildman–Crippen LogP) is 4.04. The van der Waals surface area contributed by atoms with Gasteiger partial charge in [-0.15, -0.1) is 0 Å². The molecule has 31 heavy (non-hydrogen) atoms. The Hall–Kier alpha value is -4.07. The maximum atomic E-state index is 14.2. The number of nitrogens with one attached hydrogen (secondary N) is 1. The SMILES string of the molecule is Cc1cc(/C=C2/C(=O)NC(=O)N(c3ccccc3F)C2=O)c(C)n1-c1ccc(F)cc1. The fourth-order valence-corrected chi connectivity index (χ4v) is 3.59. The molecule has 1 N–H and O–H groups in total. The third kappa shape index (κ3) is 3.52. The van der Waals surface area contributed by atoms with Crippen LogP contribution in [-0.4, -0.2) is 22.4 Å². The van der Waals surface area contributed by atoms with Crippen molar-refractivity contribution < 1.29 is 23.2 Å². The first-order valence-corrected chi connectivity index (χ1v) is 9.39. The van der Waals surface area contributed by atoms with Crippen LogP contribution in [0.15, 0.2) is 60.2 Å². The van der Waals surface area contributed by atoms with Gasteiger partial charge in [0.05, 0.1) is 5.69 Å². The Morgan fingerprint density at radius 1 is 0.935 bits per heavy atom. The van der Waals surface area contributed by atoms with E-state index >= 15 is 0 Å². The molecule has 8 heteroatoms. The fourth-order valence-electron chi connectivity index (χ4n) is 3.59. The van der Waals surface area contributed by atoms with Gasteiger partial charge < -0.3 is 4.57 Å². The van der Waals surface area contributed by atoms with Gasteiger partial charge in [-0.2, -0.15) is 0 Å². The molecule has 156 valence electrons. The molecule has 0 radical (unpaired) electrons. The molecule has 0 aliphatic carbocycles. The first-order chi connectivity index (χ1) is 14.8. The van der Waals surface area contributed by atoms with Crippen LogP contribution in [0, 0.1) is 25.5 Å². The van der Waals surface area contributed by atoms with Crippen molar-refractivity contribution in [2.75, 3.05) is 4.90 Å². The molecule has 1 saturated heterocycles. The van der Waals surface area contributed by atoms with Gasteiger partial charge in [0.2, 0.25) is 0 Å². The van der Waals surface area contributed by atoms with Crippen molar-refractivity contribution in [1.29, 1.82) is 0 Å². The molecule has 0 spiro atoms. The van der Waals surface area contributed by atoms with E-state index in [-0.39, 0.29) is 17.1 Å². The Balaban J connectivity index is 1.77. The molecule has 2 aromatic carbocycles. The van der Waals surface area contributed by atoms with Crippen molar-refractivity contribution >= 4 is 29.6 Å². The Morgan fingerprint density at radius 3 is 2.29 bits per heavy atom. The molecule has 0 atom stereocenters. The summed E-state index contributed by atoms with van der Waals surface area (Å²) in [6.07, 6.45) is 1.36. The third-order valence-corrected chi connectivity index (χ3v) is 5.05. The number of amides is 4. The number of imide groups is 2. The lowest BCUT2D eigenvalue weighted by Crippen LogP contribution is -2.54. The first kappa shape index (κ1) is 20.2. The summed E-state index contributed by atoms with van der Waals surface area (Å²) in [6.45, 7) is 3.62. The summed E-state index contributed by atoms with van der Waals surface area (Å²) >= 11 is 0. The standard InChI is InChI=1S/C23H17F2N3O3/c1-13-11-15(14(2)27(13)17-9-7-16(24)8-10-17)12-18-21(29)26-23(31)28(22(18)30)20-6-4-3-5-19(20)25/h3-12H,1-2H3,(H,26,29,31)/b18-12-. The van der Waals surface area contributed by atoms with Crippen LogP contribution in [0.2, 0.25) is 0 Å². The molecule has 6 nitrogen and oxygen atoms in total. The maximum absolute atomic E-state index is 14.2. The van der Waals surface area contributed by atoms with E-state index in [0.29, 0.717) is 21.8 Å². The largest absolute Gasteiger partial charge is 0.336 e. The molecule has 1 aliphatic heterocycles. The van der Waals surface area contributed by atoms with Crippen molar-refractivity contribution in [2.24, 2.45) is 0 Å². The number of aryl methyl sites for hydroxylation is 1. The van der Waals surface area contributed by atoms with Crippen molar-refractivity contribution in [3.05, 3.63) is 88.8 Å². The van der Waals surface area contributed by atoms with Crippen LogP contribution in [0.4, 0.5) is 19.3 Å². The molecule has 0 bridgehead atoms. The number of barbiturate groups is 1. The molecule has 1 aromatic heterocycles. The predicted molar refractivity (Wildman–Crippen MR) is 111 cm³/mol. The van der Waals surface area contributed by atoms with Gasteiger partial charge >= 0.3 is 6.03 Å². The highest BCUT2D eigenvalue weighted by Gasteiger charge is 2.38. The average molecular weight is 421 g/mol. The van der Waals surface area contributed by atoms with Gasteiger partial charge in [0.15, 0.2) is 0 Å². The van der Waals surface area contributed by atoms with Crippen LogP contribution >= 0.6 is 0 Å². The fraction of sp³-hybridized carbons (Fsp3) is 0.0870. The van der Waals surface area contributed by atoms with Gasteiger partial charge in [-0.1, -0.05) is 12.1 Å². The van der Waals surface area contributed by atoms with E-state index in [0.717, 1.165) is 11.8 Å². The Labute approximate surface area is 176 Å². The highest BCUT2D eigenvalue weighted by atomic mass is 19.1. The minimum absolute atomic E-state index is 0.250. The van der Waals surface area contributed by atoms with Crippen molar-refractivity contribution in [3.8, 4) is 5.69 Å². The van der Waals surface area contributed by atoms with Gasteiger partial charge in [0.25, 0.3) is 11.8 Å². The van der Waals surface area contributed by atoms with E-state index in [1.54, 1.807) is 25.1 Å². The molecular weight excluding hydrogens is 404 g/mol. The number of benzene rings is 2. The summed E-state index contributed by atoms with van der Waals surface area (Å²) in [7, 11) is 0. The summed E-state index contributed by atoms with van der Waals surface area (Å²) in [4.78, 5) is 38.2. The van der Waals surface area contributed by atoms with Gasteiger partial charge in [0.1, 0.15) is 17.2 Å². The highest BCUT2D eigenvalue weighted by Crippen LogP contribution is 2.27. The Kier molecular flexibility index (Phi) is 4.98. The van der Waals surface area contributed by atoms with Crippen molar-refractivity contribution in [3.63, 3.8) is 0 Å². The first-order valence-electron chi connectivity index (χ1n) is 9.39. The quantitative estimate of drug-likeness (QED) is 0.513. The Bertz CT molecular complexity index is 1260. The average Bonchev–Trinajstić information content (AvgIpc) is 3.00. The number of rotatable bonds is 3. The van der Waals surface area contributed by atoms with Crippen LogP contribution in [0.1, 0.15) is 17.0 Å². The number of aromatic nitrogens is 1. The third-order valence-electron chi connectivity index (χ3n) is 5.05. The Morgan fingerprint density at radius 2 is 1.61 bits per heavy atom. The lowest BCUT2D eigenvalue weighted by molar-refractivity contribution is -0.122. The normalized spacial score (nSPS) is 15.5. The van der Waals surface area contributed by atoms with Gasteiger partial charge in [-0.05, 0) is 68.0 Å². The van der Waals surface area contributed by atoms with Gasteiger partial charge in [0, 0.05) is 17.1 Å². The number of halogens is 2. The molecule has 1 fully saturated rings. The number of carbonyl (C=O) groups is 3. The zero-order valence-corrected chi connectivity index (χ0v) is 16.6. The lowest BCUT2D eigenvalue weighted by atomic mass is 10.1. The summed E-state index contributed by atoms with van der Waals surface area (Å²) < 4.78 is 29.3. The van der Waals surface area contributed by atoms with E-state index in [9.17, 15) is 23.2 Å². The zero-order valence-electron chi connectivity index (χ0n) is 16.6. The second-order valence-electron chi connectivity index (χ2n) is 7.05. The van der Waals surface area contributed by atoms with Crippen LogP contribution < -0.4 is 10.2 Å². The summed E-state index contributed by atoms with van der Waals surface area (Å²) in [6, 6.07) is 11.9. The van der Waals surface area contributed by atoms with Gasteiger partial charge in [-0.3, -0.25) is 14.9 Å². The molecule has 4 rings (SSSR count). The summed E-state index contributed by atoms with van der Waals surface area (Å²) in [5.74, 6) is -2.93. The molecule has 1 aliphatic rings. The van der Waals surface area contributed by atoms with Crippen LogP contribution in [0.25, 0.3) is 11.8 Å². The van der Waals surface area contributed by atoms with Crippen LogP contribution in [0.5, 0.6) is 0 Å². The highest BCUT2D eigenvalue weighted by molar-refractivity contribution is 6.39. The van der Waals surface area contributed by atoms with Crippen LogP contribution in [-0.2, 0) is 9.59 Å². The number of para-hydroxylation sites is 1. The van der Waals surface area contributed by atoms with E-state index in [1.807, 2.05) is 11.5 Å². The summed E-state index contributed by atoms with van der Waals surface area (Å²) in [5, 5.41) is 2.08.